The molecule has 1 N–H and O–H groups in total. The topological polar surface area (TPSA) is 54.9 Å². The lowest BCUT2D eigenvalue weighted by molar-refractivity contribution is -0.116. The summed E-state index contributed by atoms with van der Waals surface area (Å²) >= 11 is 8.62. The van der Waals surface area contributed by atoms with Gasteiger partial charge in [0.2, 0.25) is 11.0 Å². The highest BCUT2D eigenvalue weighted by molar-refractivity contribution is 8.01. The summed E-state index contributed by atoms with van der Waals surface area (Å²) in [6, 6.07) is 0. The molecule has 17 heavy (non-hydrogen) atoms. The number of nitrogens with one attached hydrogen (secondary N) is 1. The van der Waals surface area contributed by atoms with Crippen LogP contribution in [0.3, 0.4) is 0 Å². The maximum absolute atomic E-state index is 11.4. The second-order valence-electron chi connectivity index (χ2n) is 3.42. The van der Waals surface area contributed by atoms with Crippen LogP contribution in [0.25, 0.3) is 0 Å². The van der Waals surface area contributed by atoms with Crippen LogP contribution in [-0.4, -0.2) is 27.7 Å². The van der Waals surface area contributed by atoms with E-state index in [4.69, 9.17) is 11.6 Å². The van der Waals surface area contributed by atoms with E-state index < -0.39 is 0 Å². The Morgan fingerprint density at radius 3 is 3.00 bits per heavy atom. The van der Waals surface area contributed by atoms with E-state index in [0.717, 1.165) is 10.1 Å². The Morgan fingerprint density at radius 1 is 1.47 bits per heavy atom. The van der Waals surface area contributed by atoms with Crippen LogP contribution in [0.15, 0.2) is 4.34 Å². The average Bonchev–Trinajstić information content (AvgIpc) is 2.74. The Kier molecular flexibility index (Phi) is 7.55. The molecule has 1 heterocycles. The first kappa shape index (κ1) is 14.7. The van der Waals surface area contributed by atoms with Crippen molar-refractivity contribution < 1.29 is 4.79 Å². The minimum atomic E-state index is -0.0492. The molecule has 4 nitrogen and oxygen atoms in total. The van der Waals surface area contributed by atoms with E-state index in [-0.39, 0.29) is 5.91 Å². The van der Waals surface area contributed by atoms with Crippen LogP contribution in [0.4, 0.5) is 5.13 Å². The Balaban J connectivity index is 2.32. The van der Waals surface area contributed by atoms with Crippen molar-refractivity contribution >= 4 is 45.7 Å². The summed E-state index contributed by atoms with van der Waals surface area (Å²) in [5.74, 6) is 1.50. The smallest absolute Gasteiger partial charge is 0.226 e. The van der Waals surface area contributed by atoms with Gasteiger partial charge in [0.15, 0.2) is 4.34 Å². The van der Waals surface area contributed by atoms with E-state index in [2.05, 4.69) is 22.4 Å². The van der Waals surface area contributed by atoms with Gasteiger partial charge in [-0.15, -0.1) is 21.8 Å². The van der Waals surface area contributed by atoms with Gasteiger partial charge in [0.25, 0.3) is 0 Å². The monoisotopic (exact) mass is 293 g/mol. The van der Waals surface area contributed by atoms with E-state index in [1.54, 1.807) is 11.8 Å². The number of hydrogen-bond acceptors (Lipinski definition) is 5. The molecule has 0 saturated carbocycles. The fourth-order valence-corrected chi connectivity index (χ4v) is 3.09. The summed E-state index contributed by atoms with van der Waals surface area (Å²) in [5.41, 5.74) is 0. The molecule has 0 aromatic carbocycles. The number of alkyl halides is 1. The van der Waals surface area contributed by atoms with Crippen molar-refractivity contribution in [3.63, 3.8) is 0 Å². The SMILES string of the molecule is CCCCSc1nnc(NC(=O)CCCCl)s1. The normalized spacial score (nSPS) is 10.5. The number of halogens is 1. The van der Waals surface area contributed by atoms with Crippen LogP contribution >= 0.6 is 34.7 Å². The molecule has 1 aromatic heterocycles. The van der Waals surface area contributed by atoms with Crippen LogP contribution in [0, 0.1) is 0 Å². The van der Waals surface area contributed by atoms with Crippen molar-refractivity contribution in [2.45, 2.75) is 36.9 Å². The zero-order chi connectivity index (χ0) is 12.5. The molecule has 0 spiro atoms. The Labute approximate surface area is 115 Å². The van der Waals surface area contributed by atoms with Crippen molar-refractivity contribution in [3.05, 3.63) is 0 Å². The second kappa shape index (κ2) is 8.72. The van der Waals surface area contributed by atoms with Crippen molar-refractivity contribution in [2.75, 3.05) is 16.9 Å². The number of amides is 1. The molecular formula is C10H16ClN3OS2. The van der Waals surface area contributed by atoms with Crippen molar-refractivity contribution in [1.82, 2.24) is 10.2 Å². The quantitative estimate of drug-likeness (QED) is 0.345. The van der Waals surface area contributed by atoms with Crippen LogP contribution in [0.2, 0.25) is 0 Å². The lowest BCUT2D eigenvalue weighted by atomic mass is 10.3. The molecule has 0 atom stereocenters. The molecule has 96 valence electrons. The van der Waals surface area contributed by atoms with E-state index >= 15 is 0 Å². The van der Waals surface area contributed by atoms with E-state index in [9.17, 15) is 4.79 Å². The number of nitrogens with zero attached hydrogens (tertiary/aromatic N) is 2. The minimum absolute atomic E-state index is 0.0492. The fraction of sp³-hybridized carbons (Fsp3) is 0.700. The minimum Gasteiger partial charge on any atom is -0.301 e. The molecule has 0 fully saturated rings. The number of unbranched alkanes of at least 4 members (excludes halogenated alkanes) is 1. The van der Waals surface area contributed by atoms with E-state index in [0.29, 0.717) is 23.9 Å². The molecular weight excluding hydrogens is 278 g/mol. The number of thioether (sulfide) groups is 1. The largest absolute Gasteiger partial charge is 0.301 e. The van der Waals surface area contributed by atoms with Crippen LogP contribution in [-0.2, 0) is 4.79 Å². The zero-order valence-corrected chi connectivity index (χ0v) is 12.1. The summed E-state index contributed by atoms with van der Waals surface area (Å²) in [7, 11) is 0. The Bertz CT molecular complexity index is 346. The first-order chi connectivity index (χ1) is 8.26. The molecule has 0 aliphatic rings. The first-order valence-electron chi connectivity index (χ1n) is 5.58. The Hall–Kier alpha value is -0.330. The summed E-state index contributed by atoms with van der Waals surface area (Å²) in [6.07, 6.45) is 3.46. The highest BCUT2D eigenvalue weighted by Crippen LogP contribution is 2.26. The van der Waals surface area contributed by atoms with Crippen molar-refractivity contribution in [2.24, 2.45) is 0 Å². The highest BCUT2D eigenvalue weighted by atomic mass is 35.5. The third-order valence-electron chi connectivity index (χ3n) is 1.91. The number of rotatable bonds is 8. The number of aromatic nitrogens is 2. The molecule has 0 saturated heterocycles. The van der Waals surface area contributed by atoms with Gasteiger partial charge in [-0.05, 0) is 12.8 Å². The van der Waals surface area contributed by atoms with Crippen LogP contribution in [0.5, 0.6) is 0 Å². The predicted molar refractivity (Wildman–Crippen MR) is 74.1 cm³/mol. The van der Waals surface area contributed by atoms with Gasteiger partial charge in [-0.3, -0.25) is 4.79 Å². The standard InChI is InChI=1S/C10H16ClN3OS2/c1-2-3-7-16-10-14-13-9(17-10)12-8(15)5-4-6-11/h2-7H2,1H3,(H,12,13,15). The van der Waals surface area contributed by atoms with Crippen molar-refractivity contribution in [1.29, 1.82) is 0 Å². The molecule has 0 radical (unpaired) electrons. The van der Waals surface area contributed by atoms with E-state index in [1.807, 2.05) is 0 Å². The van der Waals surface area contributed by atoms with Crippen LogP contribution in [0.1, 0.15) is 32.6 Å². The van der Waals surface area contributed by atoms with Gasteiger partial charge in [-0.1, -0.05) is 36.4 Å². The van der Waals surface area contributed by atoms with Gasteiger partial charge in [0.05, 0.1) is 0 Å². The predicted octanol–water partition coefficient (Wildman–Crippen LogP) is 3.39. The lowest BCUT2D eigenvalue weighted by Crippen LogP contribution is -2.10. The maximum Gasteiger partial charge on any atom is 0.226 e. The number of hydrogen-bond donors (Lipinski definition) is 1. The van der Waals surface area contributed by atoms with E-state index in [1.165, 1.54) is 24.2 Å². The zero-order valence-electron chi connectivity index (χ0n) is 9.74. The summed E-state index contributed by atoms with van der Waals surface area (Å²) in [5, 5.41) is 11.2. The molecule has 0 aliphatic heterocycles. The number of carbonyl (C=O) groups excluding carboxylic acids is 1. The van der Waals surface area contributed by atoms with Crippen LogP contribution < -0.4 is 5.32 Å². The molecule has 1 rings (SSSR count). The maximum atomic E-state index is 11.4. The average molecular weight is 294 g/mol. The lowest BCUT2D eigenvalue weighted by Gasteiger charge is -1.97. The molecule has 1 amide bonds. The summed E-state index contributed by atoms with van der Waals surface area (Å²) < 4.78 is 0.908. The second-order valence-corrected chi connectivity index (χ2v) is 6.11. The van der Waals surface area contributed by atoms with Gasteiger partial charge in [0, 0.05) is 18.1 Å². The fourth-order valence-electron chi connectivity index (χ4n) is 1.03. The summed E-state index contributed by atoms with van der Waals surface area (Å²) in [6.45, 7) is 2.16. The summed E-state index contributed by atoms with van der Waals surface area (Å²) in [4.78, 5) is 11.4. The third kappa shape index (κ3) is 6.24. The van der Waals surface area contributed by atoms with Gasteiger partial charge in [-0.2, -0.15) is 0 Å². The Morgan fingerprint density at radius 2 is 2.29 bits per heavy atom. The molecule has 0 aliphatic carbocycles. The van der Waals surface area contributed by atoms with Gasteiger partial charge >= 0.3 is 0 Å². The van der Waals surface area contributed by atoms with Gasteiger partial charge in [-0.25, -0.2) is 0 Å². The molecule has 1 aromatic rings. The number of carbonyl (C=O) groups is 1. The third-order valence-corrected chi connectivity index (χ3v) is 4.24. The van der Waals surface area contributed by atoms with Gasteiger partial charge in [0.1, 0.15) is 0 Å². The van der Waals surface area contributed by atoms with Crippen molar-refractivity contribution in [3.8, 4) is 0 Å². The molecule has 0 unspecified atom stereocenters. The highest BCUT2D eigenvalue weighted by Gasteiger charge is 2.07. The number of anilines is 1. The first-order valence-corrected chi connectivity index (χ1v) is 7.92. The molecule has 7 heteroatoms. The molecule has 0 bridgehead atoms. The van der Waals surface area contributed by atoms with Gasteiger partial charge < -0.3 is 5.32 Å².